The maximum Gasteiger partial charge on any atom is 0.248 e. The molecule has 226 valence electrons. The number of amides is 1. The molecule has 12 heteroatoms. The summed E-state index contributed by atoms with van der Waals surface area (Å²) in [6.45, 7) is 1.75. The van der Waals surface area contributed by atoms with Gasteiger partial charge in [-0.25, -0.2) is 24.3 Å². The first-order valence-corrected chi connectivity index (χ1v) is 14.3. The fraction of sp³-hybridized carbons (Fsp3) is 0.219. The zero-order valence-corrected chi connectivity index (χ0v) is 25.0. The topological polar surface area (TPSA) is 114 Å². The van der Waals surface area contributed by atoms with Crippen LogP contribution in [0, 0.1) is 5.82 Å². The van der Waals surface area contributed by atoms with E-state index in [1.807, 2.05) is 49.5 Å². The Morgan fingerprint density at radius 3 is 2.73 bits per heavy atom. The van der Waals surface area contributed by atoms with E-state index < -0.39 is 5.82 Å². The number of fused-ring (bicyclic) bond motifs is 2. The average Bonchev–Trinajstić information content (AvgIpc) is 3.53. The quantitative estimate of drug-likeness (QED) is 0.202. The second-order valence-electron chi connectivity index (χ2n) is 10.2. The van der Waals surface area contributed by atoms with Gasteiger partial charge in [-0.3, -0.25) is 4.79 Å². The molecule has 10 nitrogen and oxygen atoms in total. The van der Waals surface area contributed by atoms with Gasteiger partial charge in [0, 0.05) is 47.8 Å². The molecule has 0 radical (unpaired) electrons. The number of carbonyl (C=O) groups excluding carboxylic acids is 1. The SMILES string of the molecule is CN(C)CC=CC(=O)Nc1cc2c(Nc3ccc(F)c(Cl)c3)ncnc2cc1O[C@H]1CCOC1.c1ccc2ncncc2c1. The van der Waals surface area contributed by atoms with Crippen LogP contribution >= 0.6 is 11.6 Å². The predicted octanol–water partition coefficient (Wildman–Crippen LogP) is 6.02. The van der Waals surface area contributed by atoms with Crippen LogP contribution in [-0.2, 0) is 9.53 Å². The van der Waals surface area contributed by atoms with Crippen molar-refractivity contribution in [1.82, 2.24) is 24.8 Å². The van der Waals surface area contributed by atoms with Gasteiger partial charge in [0.2, 0.25) is 5.91 Å². The summed E-state index contributed by atoms with van der Waals surface area (Å²) in [6, 6.07) is 15.7. The van der Waals surface area contributed by atoms with Crippen LogP contribution < -0.4 is 15.4 Å². The van der Waals surface area contributed by atoms with Gasteiger partial charge in [-0.05, 0) is 44.4 Å². The summed E-state index contributed by atoms with van der Waals surface area (Å²) in [4.78, 5) is 31.2. The van der Waals surface area contributed by atoms with E-state index in [9.17, 15) is 9.18 Å². The van der Waals surface area contributed by atoms with Crippen LogP contribution in [0.2, 0.25) is 5.02 Å². The molecule has 1 aliphatic rings. The van der Waals surface area contributed by atoms with Crippen molar-refractivity contribution >= 4 is 56.5 Å². The molecule has 1 saturated heterocycles. The number of benzene rings is 3. The third kappa shape index (κ3) is 8.22. The largest absolute Gasteiger partial charge is 0.486 e. The fourth-order valence-corrected chi connectivity index (χ4v) is 4.52. The smallest absolute Gasteiger partial charge is 0.248 e. The van der Waals surface area contributed by atoms with Gasteiger partial charge in [-0.1, -0.05) is 35.9 Å². The molecule has 0 spiro atoms. The van der Waals surface area contributed by atoms with Crippen molar-refractivity contribution in [3.8, 4) is 5.75 Å². The lowest BCUT2D eigenvalue weighted by molar-refractivity contribution is -0.111. The van der Waals surface area contributed by atoms with E-state index >= 15 is 0 Å². The summed E-state index contributed by atoms with van der Waals surface area (Å²) in [5, 5.41) is 7.76. The molecule has 0 bridgehead atoms. The van der Waals surface area contributed by atoms with E-state index in [2.05, 4.69) is 30.6 Å². The van der Waals surface area contributed by atoms with Crippen molar-refractivity contribution < 1.29 is 18.7 Å². The Morgan fingerprint density at radius 2 is 1.95 bits per heavy atom. The summed E-state index contributed by atoms with van der Waals surface area (Å²) < 4.78 is 25.1. The van der Waals surface area contributed by atoms with Crippen molar-refractivity contribution in [2.24, 2.45) is 0 Å². The second-order valence-corrected chi connectivity index (χ2v) is 10.6. The minimum Gasteiger partial charge on any atom is -0.486 e. The molecule has 5 aromatic rings. The molecule has 1 fully saturated rings. The van der Waals surface area contributed by atoms with Gasteiger partial charge >= 0.3 is 0 Å². The first-order valence-electron chi connectivity index (χ1n) is 13.9. The number of rotatable bonds is 8. The molecule has 1 atom stereocenters. The summed E-state index contributed by atoms with van der Waals surface area (Å²) >= 11 is 5.91. The highest BCUT2D eigenvalue weighted by Crippen LogP contribution is 2.35. The van der Waals surface area contributed by atoms with Crippen LogP contribution in [0.1, 0.15) is 6.42 Å². The molecule has 2 aromatic heterocycles. The van der Waals surface area contributed by atoms with Gasteiger partial charge in [0.15, 0.2) is 0 Å². The van der Waals surface area contributed by atoms with Gasteiger partial charge in [0.05, 0.1) is 35.0 Å². The highest BCUT2D eigenvalue weighted by molar-refractivity contribution is 6.31. The summed E-state index contributed by atoms with van der Waals surface area (Å²) in [5.74, 6) is 0.170. The summed E-state index contributed by atoms with van der Waals surface area (Å²) in [5.41, 5.74) is 2.65. The second kappa shape index (κ2) is 14.6. The highest BCUT2D eigenvalue weighted by Gasteiger charge is 2.21. The van der Waals surface area contributed by atoms with E-state index in [-0.39, 0.29) is 17.0 Å². The lowest BCUT2D eigenvalue weighted by Gasteiger charge is -2.17. The van der Waals surface area contributed by atoms with Gasteiger partial charge in [0.25, 0.3) is 0 Å². The van der Waals surface area contributed by atoms with Crippen LogP contribution in [0.15, 0.2) is 85.6 Å². The van der Waals surface area contributed by atoms with Crippen LogP contribution in [-0.4, -0.2) is 70.7 Å². The lowest BCUT2D eigenvalue weighted by Crippen LogP contribution is -2.18. The highest BCUT2D eigenvalue weighted by atomic mass is 35.5. The standard InChI is InChI=1S/C24H25ClFN5O3.C8H6N2/c1-31(2)8-3-4-23(32)30-21-11-17-20(12-22(21)34-16-7-9-33-13-16)27-14-28-24(17)29-15-5-6-19(26)18(25)10-15;1-2-4-8-7(3-1)5-9-6-10-8/h3-6,10-12,14,16H,7-9,13H2,1-2H3,(H,30,32)(H,27,28,29);1-6H/t16-;/m0./s1. The maximum atomic E-state index is 13.6. The molecular weight excluding hydrogens is 585 g/mol. The molecule has 3 aromatic carbocycles. The molecule has 0 saturated carbocycles. The number of carbonyl (C=O) groups is 1. The Balaban J connectivity index is 0.000000322. The molecule has 2 N–H and O–H groups in total. The number of halogens is 2. The Labute approximate surface area is 258 Å². The first-order chi connectivity index (χ1) is 21.4. The Kier molecular flexibility index (Phi) is 10.2. The van der Waals surface area contributed by atoms with E-state index in [1.165, 1.54) is 24.5 Å². The molecule has 1 amide bonds. The van der Waals surface area contributed by atoms with Crippen LogP contribution in [0.3, 0.4) is 0 Å². The number of hydrogen-bond acceptors (Lipinski definition) is 9. The van der Waals surface area contributed by atoms with Gasteiger partial charge in [0.1, 0.15) is 36.1 Å². The van der Waals surface area contributed by atoms with E-state index in [4.69, 9.17) is 21.1 Å². The van der Waals surface area contributed by atoms with Crippen molar-refractivity contribution in [2.45, 2.75) is 12.5 Å². The number of ether oxygens (including phenoxy) is 2. The minimum absolute atomic E-state index is 0.00436. The average molecular weight is 616 g/mol. The van der Waals surface area contributed by atoms with Gasteiger partial charge < -0.3 is 25.0 Å². The molecule has 3 heterocycles. The molecule has 0 aliphatic carbocycles. The van der Waals surface area contributed by atoms with Gasteiger partial charge in [-0.2, -0.15) is 0 Å². The van der Waals surface area contributed by atoms with Gasteiger partial charge in [-0.15, -0.1) is 0 Å². The maximum absolute atomic E-state index is 13.6. The lowest BCUT2D eigenvalue weighted by atomic mass is 10.1. The molecule has 0 unspecified atom stereocenters. The number of nitrogens with one attached hydrogen (secondary N) is 2. The molecule has 44 heavy (non-hydrogen) atoms. The third-order valence-electron chi connectivity index (χ3n) is 6.51. The molecular formula is C32H31ClFN7O3. The van der Waals surface area contributed by atoms with Crippen molar-refractivity contribution in [3.05, 3.63) is 96.4 Å². The number of nitrogens with zero attached hydrogens (tertiary/aromatic N) is 5. The predicted molar refractivity (Wildman–Crippen MR) is 170 cm³/mol. The number of likely N-dealkylation sites (N-methyl/N-ethyl adjacent to an activating group) is 1. The number of para-hydroxylation sites is 1. The minimum atomic E-state index is -0.509. The first kappa shape index (κ1) is 30.7. The van der Waals surface area contributed by atoms with Crippen molar-refractivity contribution in [1.29, 1.82) is 0 Å². The monoisotopic (exact) mass is 615 g/mol. The normalized spacial score (nSPS) is 14.5. The van der Waals surface area contributed by atoms with Crippen LogP contribution in [0.5, 0.6) is 5.75 Å². The number of hydrogen-bond donors (Lipinski definition) is 2. The Bertz CT molecular complexity index is 1720. The zero-order chi connectivity index (χ0) is 30.9. The molecule has 1 aliphatic heterocycles. The van der Waals surface area contributed by atoms with E-state index in [0.717, 1.165) is 17.3 Å². The van der Waals surface area contributed by atoms with Crippen molar-refractivity contribution in [3.63, 3.8) is 0 Å². The number of anilines is 3. The van der Waals surface area contributed by atoms with E-state index in [0.29, 0.717) is 53.6 Å². The van der Waals surface area contributed by atoms with Crippen molar-refractivity contribution in [2.75, 3.05) is 44.5 Å². The Hall–Kier alpha value is -4.71. The fourth-order valence-electron chi connectivity index (χ4n) is 4.34. The van der Waals surface area contributed by atoms with E-state index in [1.54, 1.807) is 30.6 Å². The number of aromatic nitrogens is 4. The summed E-state index contributed by atoms with van der Waals surface area (Å²) in [6.07, 6.45) is 8.68. The zero-order valence-electron chi connectivity index (χ0n) is 24.2. The Morgan fingerprint density at radius 1 is 1.11 bits per heavy atom. The third-order valence-corrected chi connectivity index (χ3v) is 6.80. The van der Waals surface area contributed by atoms with Crippen LogP contribution in [0.4, 0.5) is 21.6 Å². The van der Waals surface area contributed by atoms with Crippen LogP contribution in [0.25, 0.3) is 21.8 Å². The summed E-state index contributed by atoms with van der Waals surface area (Å²) in [7, 11) is 3.84. The molecule has 6 rings (SSSR count).